The normalized spacial score (nSPS) is 10.9. The molecular weight excluding hydrogens is 676 g/mol. The van der Waals surface area contributed by atoms with Gasteiger partial charge in [-0.25, -0.2) is 5.43 Å². The van der Waals surface area contributed by atoms with Crippen LogP contribution in [0.15, 0.2) is 71.5 Å². The van der Waals surface area contributed by atoms with Gasteiger partial charge in [0, 0.05) is 20.1 Å². The zero-order valence-electron chi connectivity index (χ0n) is 16.5. The summed E-state index contributed by atoms with van der Waals surface area (Å²) in [6, 6.07) is 14.4. The summed E-state index contributed by atoms with van der Waals surface area (Å²) in [6.45, 7) is 0.386. The number of hydrazone groups is 1. The molecule has 0 bridgehead atoms. The van der Waals surface area contributed by atoms with E-state index in [2.05, 4.69) is 74.2 Å². The Kier molecular flexibility index (Phi) is 8.75. The Morgan fingerprint density at radius 2 is 1.66 bits per heavy atom. The van der Waals surface area contributed by atoms with Crippen LogP contribution in [0.25, 0.3) is 0 Å². The van der Waals surface area contributed by atoms with Crippen molar-refractivity contribution in [3.8, 4) is 17.2 Å². The maximum atomic E-state index is 12.3. The SMILES string of the molecule is COc1cc(/C=N/NC(=O)c2cc(Br)c(O)c(Br)c2)c(Br)cc1OCc1ccc(Br)cc1. The lowest BCUT2D eigenvalue weighted by atomic mass is 10.2. The van der Waals surface area contributed by atoms with Crippen molar-refractivity contribution in [1.29, 1.82) is 0 Å². The Morgan fingerprint density at radius 3 is 2.28 bits per heavy atom. The van der Waals surface area contributed by atoms with Gasteiger partial charge in [-0.3, -0.25) is 4.79 Å². The maximum absolute atomic E-state index is 12.3. The highest BCUT2D eigenvalue weighted by molar-refractivity contribution is 9.11. The molecule has 0 aromatic heterocycles. The van der Waals surface area contributed by atoms with Crippen molar-refractivity contribution in [2.75, 3.05) is 7.11 Å². The monoisotopic (exact) mass is 688 g/mol. The molecule has 6 nitrogen and oxygen atoms in total. The van der Waals surface area contributed by atoms with Gasteiger partial charge in [-0.2, -0.15) is 5.10 Å². The smallest absolute Gasteiger partial charge is 0.271 e. The van der Waals surface area contributed by atoms with E-state index < -0.39 is 5.91 Å². The number of amides is 1. The summed E-state index contributed by atoms with van der Waals surface area (Å²) in [5.41, 5.74) is 4.50. The van der Waals surface area contributed by atoms with Crippen LogP contribution < -0.4 is 14.9 Å². The van der Waals surface area contributed by atoms with Crippen LogP contribution in [0.3, 0.4) is 0 Å². The van der Waals surface area contributed by atoms with Gasteiger partial charge in [0.05, 0.1) is 22.3 Å². The van der Waals surface area contributed by atoms with E-state index in [1.165, 1.54) is 18.3 Å². The molecule has 3 aromatic rings. The highest BCUT2D eigenvalue weighted by atomic mass is 79.9. The number of phenolic OH excluding ortho intramolecular Hbond substituents is 1. The largest absolute Gasteiger partial charge is 0.506 e. The average Bonchev–Trinajstić information content (AvgIpc) is 2.77. The molecule has 3 aromatic carbocycles. The summed E-state index contributed by atoms with van der Waals surface area (Å²) < 4.78 is 13.9. The fraction of sp³-hybridized carbons (Fsp3) is 0.0909. The van der Waals surface area contributed by atoms with Gasteiger partial charge in [0.1, 0.15) is 12.4 Å². The number of nitrogens with one attached hydrogen (secondary N) is 1. The van der Waals surface area contributed by atoms with E-state index in [1.807, 2.05) is 24.3 Å². The van der Waals surface area contributed by atoms with E-state index >= 15 is 0 Å². The van der Waals surface area contributed by atoms with Crippen molar-refractivity contribution in [1.82, 2.24) is 5.43 Å². The number of benzene rings is 3. The van der Waals surface area contributed by atoms with E-state index in [0.29, 0.717) is 38.2 Å². The number of hydrogen-bond acceptors (Lipinski definition) is 5. The third-order valence-corrected chi connectivity index (χ3v) is 6.66. The Balaban J connectivity index is 1.70. The Labute approximate surface area is 218 Å². The molecule has 0 atom stereocenters. The molecule has 0 aliphatic carbocycles. The molecular formula is C22H16Br4N2O4. The summed E-state index contributed by atoms with van der Waals surface area (Å²) in [4.78, 5) is 12.3. The lowest BCUT2D eigenvalue weighted by Crippen LogP contribution is -2.17. The fourth-order valence-corrected chi connectivity index (χ4v) is 4.46. The summed E-state index contributed by atoms with van der Waals surface area (Å²) in [7, 11) is 1.55. The molecule has 3 rings (SSSR count). The van der Waals surface area contributed by atoms with Crippen LogP contribution in [0, 0.1) is 0 Å². The maximum Gasteiger partial charge on any atom is 0.271 e. The molecule has 0 aliphatic heterocycles. The lowest BCUT2D eigenvalue weighted by Gasteiger charge is -2.13. The zero-order chi connectivity index (χ0) is 23.3. The molecule has 0 fully saturated rings. The van der Waals surface area contributed by atoms with Gasteiger partial charge in [0.2, 0.25) is 0 Å². The van der Waals surface area contributed by atoms with Gasteiger partial charge in [-0.05, 0) is 89.8 Å². The predicted octanol–water partition coefficient (Wildman–Crippen LogP) is 6.79. The van der Waals surface area contributed by atoms with Crippen molar-refractivity contribution < 1.29 is 19.4 Å². The topological polar surface area (TPSA) is 80.2 Å². The third-order valence-electron chi connectivity index (χ3n) is 4.24. The Morgan fingerprint density at radius 1 is 1.00 bits per heavy atom. The number of carbonyl (C=O) groups is 1. The molecule has 2 N–H and O–H groups in total. The minimum absolute atomic E-state index is 0.0171. The zero-order valence-corrected chi connectivity index (χ0v) is 22.9. The molecule has 10 heteroatoms. The number of halogens is 4. The number of phenols is 1. The number of hydrogen-bond donors (Lipinski definition) is 2. The lowest BCUT2D eigenvalue weighted by molar-refractivity contribution is 0.0955. The van der Waals surface area contributed by atoms with E-state index in [-0.39, 0.29) is 5.75 Å². The summed E-state index contributed by atoms with van der Waals surface area (Å²) in [6.07, 6.45) is 1.49. The van der Waals surface area contributed by atoms with Crippen molar-refractivity contribution >= 4 is 75.8 Å². The average molecular weight is 692 g/mol. The first-order valence-electron chi connectivity index (χ1n) is 9.04. The summed E-state index contributed by atoms with van der Waals surface area (Å²) in [5.74, 6) is 0.690. The number of nitrogens with zero attached hydrogens (tertiary/aromatic N) is 1. The molecule has 166 valence electrons. The molecule has 0 radical (unpaired) electrons. The van der Waals surface area contributed by atoms with E-state index in [4.69, 9.17) is 9.47 Å². The second-order valence-electron chi connectivity index (χ2n) is 6.43. The molecule has 0 saturated heterocycles. The fourth-order valence-electron chi connectivity index (χ4n) is 2.59. The van der Waals surface area contributed by atoms with E-state index in [0.717, 1.165) is 14.5 Å². The molecule has 0 saturated carbocycles. The molecule has 0 aliphatic rings. The highest BCUT2D eigenvalue weighted by Gasteiger charge is 2.12. The van der Waals surface area contributed by atoms with Crippen molar-refractivity contribution in [3.63, 3.8) is 0 Å². The number of ether oxygens (including phenoxy) is 2. The van der Waals surface area contributed by atoms with Crippen LogP contribution in [-0.4, -0.2) is 24.3 Å². The highest BCUT2D eigenvalue weighted by Crippen LogP contribution is 2.34. The summed E-state index contributed by atoms with van der Waals surface area (Å²) >= 11 is 13.3. The molecule has 32 heavy (non-hydrogen) atoms. The first kappa shape index (κ1) is 24.8. The second kappa shape index (κ2) is 11.3. The first-order valence-corrected chi connectivity index (χ1v) is 12.2. The third kappa shape index (κ3) is 6.34. The first-order chi connectivity index (χ1) is 15.3. The Bertz CT molecular complexity index is 1140. The molecule has 0 unspecified atom stereocenters. The van der Waals surface area contributed by atoms with Crippen LogP contribution in [0.2, 0.25) is 0 Å². The quantitative estimate of drug-likeness (QED) is 0.211. The standard InChI is InChI=1S/C22H16Br4N2O4/c1-31-19-8-14(10-27-28-22(30)13-6-17(25)21(29)18(26)7-13)16(24)9-20(19)32-11-12-2-4-15(23)5-3-12/h2-10,29H,11H2,1H3,(H,28,30)/b27-10+. The van der Waals surface area contributed by atoms with Crippen LogP contribution in [-0.2, 0) is 6.61 Å². The Hall–Kier alpha value is -1.88. The molecule has 1 amide bonds. The number of rotatable bonds is 7. The molecule has 0 spiro atoms. The van der Waals surface area contributed by atoms with Gasteiger partial charge in [-0.1, -0.05) is 28.1 Å². The number of methoxy groups -OCH3 is 1. The van der Waals surface area contributed by atoms with Crippen LogP contribution >= 0.6 is 63.7 Å². The van der Waals surface area contributed by atoms with Gasteiger partial charge < -0.3 is 14.6 Å². The van der Waals surface area contributed by atoms with Crippen LogP contribution in [0.5, 0.6) is 17.2 Å². The van der Waals surface area contributed by atoms with Crippen LogP contribution in [0.1, 0.15) is 21.5 Å². The predicted molar refractivity (Wildman–Crippen MR) is 138 cm³/mol. The van der Waals surface area contributed by atoms with Gasteiger partial charge in [0.15, 0.2) is 11.5 Å². The van der Waals surface area contributed by atoms with E-state index in [9.17, 15) is 9.90 Å². The summed E-state index contributed by atoms with van der Waals surface area (Å²) in [5, 5.41) is 13.8. The van der Waals surface area contributed by atoms with Gasteiger partial charge in [0.25, 0.3) is 5.91 Å². The van der Waals surface area contributed by atoms with Crippen molar-refractivity contribution in [2.45, 2.75) is 6.61 Å². The van der Waals surface area contributed by atoms with Gasteiger partial charge >= 0.3 is 0 Å². The number of carbonyl (C=O) groups excluding carboxylic acids is 1. The minimum Gasteiger partial charge on any atom is -0.506 e. The van der Waals surface area contributed by atoms with Crippen LogP contribution in [0.4, 0.5) is 0 Å². The van der Waals surface area contributed by atoms with E-state index in [1.54, 1.807) is 19.2 Å². The second-order valence-corrected chi connectivity index (χ2v) is 9.91. The van der Waals surface area contributed by atoms with Gasteiger partial charge in [-0.15, -0.1) is 0 Å². The number of aromatic hydroxyl groups is 1. The minimum atomic E-state index is -0.430. The van der Waals surface area contributed by atoms with Crippen molar-refractivity contribution in [3.05, 3.63) is 83.1 Å². The van der Waals surface area contributed by atoms with Crippen molar-refractivity contribution in [2.24, 2.45) is 5.10 Å². The molecule has 0 heterocycles.